The second kappa shape index (κ2) is 5.67. The Kier molecular flexibility index (Phi) is 4.11. The van der Waals surface area contributed by atoms with Crippen LogP contribution in [0.25, 0.3) is 5.69 Å². The zero-order valence-corrected chi connectivity index (χ0v) is 13.5. The summed E-state index contributed by atoms with van der Waals surface area (Å²) in [5, 5.41) is -1.13. The van der Waals surface area contributed by atoms with Crippen LogP contribution in [0, 0.1) is 5.82 Å². The Bertz CT molecular complexity index is 867. The quantitative estimate of drug-likeness (QED) is 0.561. The van der Waals surface area contributed by atoms with Gasteiger partial charge in [-0.3, -0.25) is 4.79 Å². The van der Waals surface area contributed by atoms with Crippen molar-refractivity contribution < 1.29 is 31.1 Å². The molecule has 0 bridgehead atoms. The standard InChI is InChI=1S/C15H7Cl2F6NO/c16-6-3-7(18)5-8(4-6)24-9-1-2-14(19,20)12(25)10(9)11(13(24)17)15(21,22)23/h3-5H,1-2H2. The highest BCUT2D eigenvalue weighted by Gasteiger charge is 2.52. The molecule has 0 aliphatic heterocycles. The Morgan fingerprint density at radius 3 is 2.32 bits per heavy atom. The van der Waals surface area contributed by atoms with Crippen molar-refractivity contribution in [3.63, 3.8) is 0 Å². The van der Waals surface area contributed by atoms with E-state index in [1.54, 1.807) is 0 Å². The van der Waals surface area contributed by atoms with E-state index in [9.17, 15) is 31.1 Å². The van der Waals surface area contributed by atoms with Crippen LogP contribution in [0.4, 0.5) is 26.3 Å². The number of nitrogens with zero attached hydrogens (tertiary/aromatic N) is 1. The van der Waals surface area contributed by atoms with Crippen LogP contribution >= 0.6 is 23.2 Å². The summed E-state index contributed by atoms with van der Waals surface area (Å²) < 4.78 is 81.7. The van der Waals surface area contributed by atoms with Crippen molar-refractivity contribution in [2.24, 2.45) is 0 Å². The number of hydrogen-bond donors (Lipinski definition) is 0. The Labute approximate surface area is 146 Å². The van der Waals surface area contributed by atoms with E-state index in [1.165, 1.54) is 0 Å². The molecule has 3 rings (SSSR count). The van der Waals surface area contributed by atoms with Gasteiger partial charge in [-0.25, -0.2) is 4.39 Å². The van der Waals surface area contributed by atoms with Gasteiger partial charge in [-0.1, -0.05) is 23.2 Å². The predicted octanol–water partition coefficient (Wildman–Crippen LogP) is 5.71. The van der Waals surface area contributed by atoms with Crippen LogP contribution in [0.3, 0.4) is 0 Å². The summed E-state index contributed by atoms with van der Waals surface area (Å²) in [5.41, 5.74) is -3.39. The van der Waals surface area contributed by atoms with E-state index >= 15 is 0 Å². The summed E-state index contributed by atoms with van der Waals surface area (Å²) in [4.78, 5) is 11.9. The maximum atomic E-state index is 13.7. The first-order chi connectivity index (χ1) is 11.4. The summed E-state index contributed by atoms with van der Waals surface area (Å²) >= 11 is 11.5. The fourth-order valence-electron chi connectivity index (χ4n) is 2.84. The number of benzene rings is 1. The maximum Gasteiger partial charge on any atom is 0.420 e. The highest BCUT2D eigenvalue weighted by molar-refractivity contribution is 6.32. The van der Waals surface area contributed by atoms with Crippen LogP contribution in [0.1, 0.15) is 28.0 Å². The van der Waals surface area contributed by atoms with Gasteiger partial charge in [-0.15, -0.1) is 0 Å². The van der Waals surface area contributed by atoms with Gasteiger partial charge in [0.05, 0.1) is 11.3 Å². The lowest BCUT2D eigenvalue weighted by Crippen LogP contribution is -2.35. The number of hydrogen-bond acceptors (Lipinski definition) is 1. The third-order valence-electron chi connectivity index (χ3n) is 3.84. The molecule has 1 aromatic carbocycles. The molecule has 0 radical (unpaired) electrons. The average Bonchev–Trinajstić information content (AvgIpc) is 2.75. The van der Waals surface area contributed by atoms with Crippen molar-refractivity contribution in [2.45, 2.75) is 24.9 Å². The number of alkyl halides is 5. The summed E-state index contributed by atoms with van der Waals surface area (Å²) in [6, 6.07) is 2.88. The number of ketones is 1. The second-order valence-electron chi connectivity index (χ2n) is 5.48. The molecule has 0 fully saturated rings. The van der Waals surface area contributed by atoms with Gasteiger partial charge in [0.1, 0.15) is 16.5 Å². The van der Waals surface area contributed by atoms with Gasteiger partial charge < -0.3 is 4.57 Å². The molecular weight excluding hydrogens is 395 g/mol. The molecule has 10 heteroatoms. The van der Waals surface area contributed by atoms with E-state index in [0.717, 1.165) is 22.8 Å². The van der Waals surface area contributed by atoms with Gasteiger partial charge in [0.2, 0.25) is 5.78 Å². The van der Waals surface area contributed by atoms with Crippen LogP contribution in [0.2, 0.25) is 10.2 Å². The van der Waals surface area contributed by atoms with Crippen LogP contribution < -0.4 is 0 Å². The molecule has 1 aliphatic rings. The molecule has 0 spiro atoms. The van der Waals surface area contributed by atoms with Crippen LogP contribution in [-0.4, -0.2) is 16.3 Å². The van der Waals surface area contributed by atoms with E-state index < -0.39 is 52.8 Å². The zero-order chi connectivity index (χ0) is 18.7. The minimum Gasteiger partial charge on any atom is -0.303 e. The normalized spacial score (nSPS) is 16.9. The summed E-state index contributed by atoms with van der Waals surface area (Å²) in [6.07, 6.45) is -6.66. The first kappa shape index (κ1) is 18.1. The molecule has 0 unspecified atom stereocenters. The third kappa shape index (κ3) is 2.91. The number of carbonyl (C=O) groups is 1. The lowest BCUT2D eigenvalue weighted by molar-refractivity contribution is -0.138. The molecule has 25 heavy (non-hydrogen) atoms. The first-order valence-corrected chi connectivity index (χ1v) is 7.58. The number of carbonyl (C=O) groups excluding carboxylic acids is 1. The Hall–Kier alpha value is -1.67. The SMILES string of the molecule is O=C1c2c(C(F)(F)F)c(Cl)n(-c3cc(F)cc(Cl)c3)c2CCC1(F)F. The summed E-state index contributed by atoms with van der Waals surface area (Å²) in [7, 11) is 0. The third-order valence-corrected chi connectivity index (χ3v) is 4.41. The Morgan fingerprint density at radius 2 is 1.76 bits per heavy atom. The molecule has 2 aromatic rings. The van der Waals surface area contributed by atoms with Crippen LogP contribution in [0.5, 0.6) is 0 Å². The number of fused-ring (bicyclic) bond motifs is 1. The van der Waals surface area contributed by atoms with Crippen molar-refractivity contribution in [2.75, 3.05) is 0 Å². The molecule has 0 saturated carbocycles. The van der Waals surface area contributed by atoms with Gasteiger partial charge in [-0.05, 0) is 24.6 Å². The van der Waals surface area contributed by atoms with E-state index in [1.807, 2.05) is 0 Å². The molecule has 1 aliphatic carbocycles. The smallest absolute Gasteiger partial charge is 0.303 e. The number of aromatic nitrogens is 1. The fraction of sp³-hybridized carbons (Fsp3) is 0.267. The van der Waals surface area contributed by atoms with E-state index in [2.05, 4.69) is 0 Å². The lowest BCUT2D eigenvalue weighted by atomic mass is 9.90. The molecule has 0 amide bonds. The molecule has 2 nitrogen and oxygen atoms in total. The highest BCUT2D eigenvalue weighted by atomic mass is 35.5. The van der Waals surface area contributed by atoms with Crippen molar-refractivity contribution in [3.05, 3.63) is 51.0 Å². The van der Waals surface area contributed by atoms with Gasteiger partial charge in [0.15, 0.2) is 0 Å². The van der Waals surface area contributed by atoms with Crippen molar-refractivity contribution >= 4 is 29.0 Å². The molecule has 0 N–H and O–H groups in total. The van der Waals surface area contributed by atoms with Gasteiger partial charge in [0.25, 0.3) is 0 Å². The number of halogens is 8. The Balaban J connectivity index is 2.38. The fourth-order valence-corrected chi connectivity index (χ4v) is 3.46. The second-order valence-corrected chi connectivity index (χ2v) is 6.28. The number of Topliss-reactive ketones (excluding diaryl/α,β-unsaturated/α-hetero) is 1. The van der Waals surface area contributed by atoms with Crippen molar-refractivity contribution in [3.8, 4) is 5.69 Å². The van der Waals surface area contributed by atoms with Gasteiger partial charge >= 0.3 is 12.1 Å². The average molecular weight is 402 g/mol. The summed E-state index contributed by atoms with van der Waals surface area (Å²) in [5.74, 6) is -6.74. The van der Waals surface area contributed by atoms with E-state index in [4.69, 9.17) is 23.2 Å². The van der Waals surface area contributed by atoms with Crippen LogP contribution in [0.15, 0.2) is 18.2 Å². The monoisotopic (exact) mass is 401 g/mol. The minimum absolute atomic E-state index is 0.130. The van der Waals surface area contributed by atoms with Crippen molar-refractivity contribution in [1.29, 1.82) is 0 Å². The predicted molar refractivity (Wildman–Crippen MR) is 78.3 cm³/mol. The van der Waals surface area contributed by atoms with E-state index in [-0.39, 0.29) is 16.4 Å². The van der Waals surface area contributed by atoms with Crippen molar-refractivity contribution in [1.82, 2.24) is 4.57 Å². The molecule has 0 atom stereocenters. The lowest BCUT2D eigenvalue weighted by Gasteiger charge is -2.23. The zero-order valence-electron chi connectivity index (χ0n) is 12.0. The van der Waals surface area contributed by atoms with Gasteiger partial charge in [0, 0.05) is 17.1 Å². The molecule has 0 saturated heterocycles. The minimum atomic E-state index is -5.15. The first-order valence-electron chi connectivity index (χ1n) is 6.83. The molecule has 134 valence electrons. The number of rotatable bonds is 1. The molecular formula is C15H7Cl2F6NO. The summed E-state index contributed by atoms with van der Waals surface area (Å²) in [6.45, 7) is 0. The van der Waals surface area contributed by atoms with Crippen LogP contribution in [-0.2, 0) is 12.6 Å². The van der Waals surface area contributed by atoms with E-state index in [0.29, 0.717) is 0 Å². The molecule has 1 aromatic heterocycles. The topological polar surface area (TPSA) is 22.0 Å². The van der Waals surface area contributed by atoms with Gasteiger partial charge in [-0.2, -0.15) is 22.0 Å². The maximum absolute atomic E-state index is 13.7. The Morgan fingerprint density at radius 1 is 1.12 bits per heavy atom. The largest absolute Gasteiger partial charge is 0.420 e. The highest BCUT2D eigenvalue weighted by Crippen LogP contribution is 2.47. The molecule has 1 heterocycles.